The van der Waals surface area contributed by atoms with Gasteiger partial charge in [0.1, 0.15) is 17.5 Å². The molecule has 0 saturated heterocycles. The highest BCUT2D eigenvalue weighted by molar-refractivity contribution is 5.93. The van der Waals surface area contributed by atoms with E-state index >= 15 is 0 Å². The molecule has 36 heavy (non-hydrogen) atoms. The minimum absolute atomic E-state index is 0.0447. The van der Waals surface area contributed by atoms with Crippen molar-refractivity contribution in [3.05, 3.63) is 76.5 Å². The molecule has 0 saturated carbocycles. The second-order valence-electron chi connectivity index (χ2n) is 10.6. The Labute approximate surface area is 208 Å². The smallest absolute Gasteiger partial charge is 0.419 e. The molecular formula is C28H30N4O4. The standard InChI is InChI=1S/C28H30N4O4/c1-16(2)23-24-29-20-12-8-6-11-19(20)26(34)32(24)22(25(33)30-23)14-17-15-31(27(35)36-28(3,4)5)21-13-9-7-10-18(17)21/h6-13,15-16,22-23H,14H2,1-5H3,(H,30,33)/t22-,23-/m0/s1. The van der Waals surface area contributed by atoms with E-state index in [1.807, 2.05) is 71.0 Å². The first-order valence-corrected chi connectivity index (χ1v) is 12.2. The summed E-state index contributed by atoms with van der Waals surface area (Å²) in [4.78, 5) is 44.9. The number of ether oxygens (including phenoxy) is 1. The van der Waals surface area contributed by atoms with Crippen LogP contribution in [0.15, 0.2) is 59.5 Å². The Morgan fingerprint density at radius 2 is 1.72 bits per heavy atom. The van der Waals surface area contributed by atoms with Crippen LogP contribution in [0.5, 0.6) is 0 Å². The summed E-state index contributed by atoms with van der Waals surface area (Å²) in [5.41, 5.74) is 1.16. The number of aromatic nitrogens is 3. The lowest BCUT2D eigenvalue weighted by Gasteiger charge is -2.34. The van der Waals surface area contributed by atoms with Gasteiger partial charge in [-0.3, -0.25) is 18.7 Å². The lowest BCUT2D eigenvalue weighted by molar-refractivity contribution is -0.127. The number of rotatable bonds is 3. The maximum absolute atomic E-state index is 13.7. The molecule has 2 aromatic carbocycles. The van der Waals surface area contributed by atoms with E-state index in [0.717, 1.165) is 10.9 Å². The molecule has 3 heterocycles. The third-order valence-electron chi connectivity index (χ3n) is 6.49. The van der Waals surface area contributed by atoms with Gasteiger partial charge in [0, 0.05) is 18.0 Å². The predicted molar refractivity (Wildman–Crippen MR) is 138 cm³/mol. The van der Waals surface area contributed by atoms with E-state index in [1.54, 1.807) is 22.9 Å². The fraction of sp³-hybridized carbons (Fsp3) is 0.357. The molecule has 0 spiro atoms. The SMILES string of the molecule is CC(C)[C@@H]1NC(=O)[C@H](Cc2cn(C(=O)OC(C)(C)C)c3ccccc23)n2c1nc1ccccc1c2=O. The van der Waals surface area contributed by atoms with Crippen molar-refractivity contribution in [3.63, 3.8) is 0 Å². The molecule has 5 rings (SSSR count). The number of benzene rings is 2. The highest BCUT2D eigenvalue weighted by Crippen LogP contribution is 2.32. The topological polar surface area (TPSA) is 95.2 Å². The molecule has 0 unspecified atom stereocenters. The molecule has 1 aliphatic heterocycles. The van der Waals surface area contributed by atoms with Crippen molar-refractivity contribution in [2.45, 2.75) is 58.7 Å². The molecule has 0 aliphatic carbocycles. The molecule has 1 aliphatic rings. The van der Waals surface area contributed by atoms with Crippen LogP contribution in [0.2, 0.25) is 0 Å². The summed E-state index contributed by atoms with van der Waals surface area (Å²) in [5, 5.41) is 4.38. The quantitative estimate of drug-likeness (QED) is 0.451. The van der Waals surface area contributed by atoms with E-state index in [4.69, 9.17) is 9.72 Å². The van der Waals surface area contributed by atoms with Gasteiger partial charge in [-0.15, -0.1) is 0 Å². The van der Waals surface area contributed by atoms with Gasteiger partial charge in [-0.05, 0) is 50.5 Å². The molecule has 1 N–H and O–H groups in total. The van der Waals surface area contributed by atoms with Gasteiger partial charge in [0.25, 0.3) is 5.56 Å². The van der Waals surface area contributed by atoms with Crippen LogP contribution in [0, 0.1) is 5.92 Å². The third-order valence-corrected chi connectivity index (χ3v) is 6.49. The van der Waals surface area contributed by atoms with Crippen LogP contribution in [0.1, 0.15) is 58.1 Å². The maximum atomic E-state index is 13.7. The van der Waals surface area contributed by atoms with Crippen molar-refractivity contribution in [1.82, 2.24) is 19.4 Å². The average Bonchev–Trinajstić information content (AvgIpc) is 3.18. The Morgan fingerprint density at radius 1 is 1.06 bits per heavy atom. The highest BCUT2D eigenvalue weighted by atomic mass is 16.6. The van der Waals surface area contributed by atoms with Crippen LogP contribution in [-0.2, 0) is 16.0 Å². The zero-order chi connectivity index (χ0) is 25.8. The normalized spacial score (nSPS) is 17.9. The number of hydrogen-bond acceptors (Lipinski definition) is 5. The van der Waals surface area contributed by atoms with E-state index in [0.29, 0.717) is 22.2 Å². The minimum atomic E-state index is -0.808. The maximum Gasteiger partial charge on any atom is 0.419 e. The number of fused-ring (bicyclic) bond motifs is 3. The Hall–Kier alpha value is -3.94. The van der Waals surface area contributed by atoms with Crippen LogP contribution in [0.25, 0.3) is 21.8 Å². The first-order valence-electron chi connectivity index (χ1n) is 12.2. The van der Waals surface area contributed by atoms with Crippen LogP contribution in [0.4, 0.5) is 4.79 Å². The van der Waals surface area contributed by atoms with Crippen molar-refractivity contribution < 1.29 is 14.3 Å². The van der Waals surface area contributed by atoms with Crippen LogP contribution < -0.4 is 10.9 Å². The van der Waals surface area contributed by atoms with Crippen molar-refractivity contribution in [3.8, 4) is 0 Å². The number of amides is 1. The molecule has 1 amide bonds. The van der Waals surface area contributed by atoms with Gasteiger partial charge in [-0.1, -0.05) is 44.2 Å². The number of nitrogens with one attached hydrogen (secondary N) is 1. The molecular weight excluding hydrogens is 456 g/mol. The molecule has 2 atom stereocenters. The third kappa shape index (κ3) is 4.06. The molecule has 0 radical (unpaired) electrons. The summed E-state index contributed by atoms with van der Waals surface area (Å²) in [6.07, 6.45) is 1.43. The Bertz CT molecular complexity index is 1560. The van der Waals surface area contributed by atoms with Crippen LogP contribution in [0.3, 0.4) is 0 Å². The van der Waals surface area contributed by atoms with E-state index in [2.05, 4.69) is 5.32 Å². The number of carbonyl (C=O) groups excluding carboxylic acids is 2. The lowest BCUT2D eigenvalue weighted by atomic mass is 9.96. The number of carbonyl (C=O) groups is 2. The van der Waals surface area contributed by atoms with E-state index in [-0.39, 0.29) is 29.8 Å². The largest absolute Gasteiger partial charge is 0.443 e. The molecule has 8 nitrogen and oxygen atoms in total. The van der Waals surface area contributed by atoms with Crippen molar-refractivity contribution in [2.24, 2.45) is 5.92 Å². The molecule has 8 heteroatoms. The first-order chi connectivity index (χ1) is 17.0. The first kappa shape index (κ1) is 23.8. The lowest BCUT2D eigenvalue weighted by Crippen LogP contribution is -2.49. The van der Waals surface area contributed by atoms with Gasteiger partial charge >= 0.3 is 6.09 Å². The number of nitrogens with zero attached hydrogens (tertiary/aromatic N) is 3. The van der Waals surface area contributed by atoms with Crippen molar-refractivity contribution >= 4 is 33.8 Å². The van der Waals surface area contributed by atoms with Crippen molar-refractivity contribution in [1.29, 1.82) is 0 Å². The molecule has 2 aromatic heterocycles. The average molecular weight is 487 g/mol. The van der Waals surface area contributed by atoms with E-state index in [1.165, 1.54) is 4.57 Å². The fourth-order valence-corrected chi connectivity index (χ4v) is 4.85. The Balaban J connectivity index is 1.65. The number of para-hydroxylation sites is 2. The fourth-order valence-electron chi connectivity index (χ4n) is 4.85. The van der Waals surface area contributed by atoms with Gasteiger partial charge in [-0.2, -0.15) is 0 Å². The second-order valence-corrected chi connectivity index (χ2v) is 10.6. The van der Waals surface area contributed by atoms with Crippen LogP contribution >= 0.6 is 0 Å². The summed E-state index contributed by atoms with van der Waals surface area (Å²) in [7, 11) is 0. The highest BCUT2D eigenvalue weighted by Gasteiger charge is 2.37. The zero-order valence-electron chi connectivity index (χ0n) is 21.1. The van der Waals surface area contributed by atoms with E-state index < -0.39 is 17.7 Å². The van der Waals surface area contributed by atoms with Gasteiger partial charge in [-0.25, -0.2) is 9.78 Å². The Kier molecular flexibility index (Phi) is 5.70. The Morgan fingerprint density at radius 3 is 2.42 bits per heavy atom. The van der Waals surface area contributed by atoms with Gasteiger partial charge in [0.15, 0.2) is 0 Å². The summed E-state index contributed by atoms with van der Waals surface area (Å²) >= 11 is 0. The van der Waals surface area contributed by atoms with Gasteiger partial charge in [0.2, 0.25) is 5.91 Å². The molecule has 0 fully saturated rings. The summed E-state index contributed by atoms with van der Waals surface area (Å²) in [5.74, 6) is 0.354. The monoisotopic (exact) mass is 486 g/mol. The van der Waals surface area contributed by atoms with Crippen LogP contribution in [-0.4, -0.2) is 31.7 Å². The molecule has 186 valence electrons. The minimum Gasteiger partial charge on any atom is -0.443 e. The summed E-state index contributed by atoms with van der Waals surface area (Å²) < 4.78 is 8.62. The number of hydrogen-bond donors (Lipinski definition) is 1. The molecule has 4 aromatic rings. The molecule has 0 bridgehead atoms. The summed E-state index contributed by atoms with van der Waals surface area (Å²) in [6.45, 7) is 9.43. The summed E-state index contributed by atoms with van der Waals surface area (Å²) in [6, 6.07) is 13.5. The van der Waals surface area contributed by atoms with Crippen molar-refractivity contribution in [2.75, 3.05) is 0 Å². The van der Waals surface area contributed by atoms with E-state index in [9.17, 15) is 14.4 Å². The second kappa shape index (κ2) is 8.62. The predicted octanol–water partition coefficient (Wildman–Crippen LogP) is 4.75. The van der Waals surface area contributed by atoms with Gasteiger partial charge < -0.3 is 10.1 Å². The van der Waals surface area contributed by atoms with Gasteiger partial charge in [0.05, 0.1) is 22.5 Å². The zero-order valence-corrected chi connectivity index (χ0v) is 21.1.